The third-order valence-corrected chi connectivity index (χ3v) is 2.67. The van der Waals surface area contributed by atoms with E-state index in [0.29, 0.717) is 6.10 Å². The van der Waals surface area contributed by atoms with E-state index < -0.39 is 0 Å². The monoisotopic (exact) mass is 229 g/mol. The summed E-state index contributed by atoms with van der Waals surface area (Å²) < 4.78 is 5.74. The van der Waals surface area contributed by atoms with Crippen molar-refractivity contribution in [2.75, 3.05) is 19.7 Å². The molecule has 16 heavy (non-hydrogen) atoms. The topological polar surface area (TPSA) is 21.3 Å². The average Bonchev–Trinajstić information content (AvgIpc) is 2.23. The standard InChI is InChI=1S/C14H31NO/c1-5-6-7-11-16-14(4)9-8-10-15-12-13(2)3/h13-15H,5-12H2,1-4H3. The lowest BCUT2D eigenvalue weighted by Crippen LogP contribution is -2.22. The second kappa shape index (κ2) is 11.4. The van der Waals surface area contributed by atoms with Gasteiger partial charge in [-0.25, -0.2) is 0 Å². The zero-order chi connectivity index (χ0) is 12.2. The van der Waals surface area contributed by atoms with Crippen molar-refractivity contribution in [3.05, 3.63) is 0 Å². The molecule has 0 aliphatic carbocycles. The van der Waals surface area contributed by atoms with E-state index in [2.05, 4.69) is 33.0 Å². The van der Waals surface area contributed by atoms with E-state index in [0.717, 1.165) is 25.6 Å². The van der Waals surface area contributed by atoms with Crippen molar-refractivity contribution in [3.63, 3.8) is 0 Å². The average molecular weight is 229 g/mol. The molecule has 0 radical (unpaired) electrons. The molecule has 0 aliphatic rings. The van der Waals surface area contributed by atoms with Crippen LogP contribution in [-0.2, 0) is 4.74 Å². The lowest BCUT2D eigenvalue weighted by atomic mass is 10.2. The van der Waals surface area contributed by atoms with Crippen molar-refractivity contribution in [3.8, 4) is 0 Å². The van der Waals surface area contributed by atoms with Crippen LogP contribution in [-0.4, -0.2) is 25.8 Å². The highest BCUT2D eigenvalue weighted by atomic mass is 16.5. The van der Waals surface area contributed by atoms with Crippen LogP contribution < -0.4 is 5.32 Å². The fraction of sp³-hybridized carbons (Fsp3) is 1.00. The molecule has 0 fully saturated rings. The van der Waals surface area contributed by atoms with Crippen LogP contribution in [0.4, 0.5) is 0 Å². The fourth-order valence-corrected chi connectivity index (χ4v) is 1.63. The van der Waals surface area contributed by atoms with E-state index in [-0.39, 0.29) is 0 Å². The van der Waals surface area contributed by atoms with Gasteiger partial charge in [-0.1, -0.05) is 33.6 Å². The molecule has 1 unspecified atom stereocenters. The van der Waals surface area contributed by atoms with Crippen LogP contribution in [0.25, 0.3) is 0 Å². The summed E-state index contributed by atoms with van der Waals surface area (Å²) in [6, 6.07) is 0. The van der Waals surface area contributed by atoms with E-state index in [1.807, 2.05) is 0 Å². The molecule has 0 aliphatic heterocycles. The summed E-state index contributed by atoms with van der Waals surface area (Å²) in [6.45, 7) is 12.1. The smallest absolute Gasteiger partial charge is 0.0547 e. The third kappa shape index (κ3) is 12.0. The molecule has 0 spiro atoms. The van der Waals surface area contributed by atoms with Crippen LogP contribution >= 0.6 is 0 Å². The quantitative estimate of drug-likeness (QED) is 0.547. The summed E-state index contributed by atoms with van der Waals surface area (Å²) >= 11 is 0. The van der Waals surface area contributed by atoms with Crippen molar-refractivity contribution in [1.82, 2.24) is 5.32 Å². The van der Waals surface area contributed by atoms with Crippen LogP contribution in [0.2, 0.25) is 0 Å². The highest BCUT2D eigenvalue weighted by Gasteiger charge is 2.01. The van der Waals surface area contributed by atoms with Gasteiger partial charge >= 0.3 is 0 Å². The van der Waals surface area contributed by atoms with Gasteiger partial charge in [0.05, 0.1) is 6.10 Å². The maximum Gasteiger partial charge on any atom is 0.0547 e. The third-order valence-electron chi connectivity index (χ3n) is 2.67. The molecule has 1 N–H and O–H groups in total. The van der Waals surface area contributed by atoms with E-state index in [1.165, 1.54) is 32.1 Å². The van der Waals surface area contributed by atoms with E-state index in [9.17, 15) is 0 Å². The predicted molar refractivity (Wildman–Crippen MR) is 71.9 cm³/mol. The molecule has 0 saturated heterocycles. The van der Waals surface area contributed by atoms with Crippen molar-refractivity contribution in [2.24, 2.45) is 5.92 Å². The van der Waals surface area contributed by atoms with E-state index in [1.54, 1.807) is 0 Å². The van der Waals surface area contributed by atoms with Gasteiger partial charge < -0.3 is 10.1 Å². The Labute approximate surface area is 102 Å². The molecular weight excluding hydrogens is 198 g/mol. The molecule has 0 rings (SSSR count). The summed E-state index contributed by atoms with van der Waals surface area (Å²) in [5.41, 5.74) is 0. The van der Waals surface area contributed by atoms with Gasteiger partial charge in [-0.05, 0) is 45.2 Å². The van der Waals surface area contributed by atoms with Gasteiger partial charge in [0.1, 0.15) is 0 Å². The largest absolute Gasteiger partial charge is 0.379 e. The van der Waals surface area contributed by atoms with Gasteiger partial charge in [-0.15, -0.1) is 0 Å². The van der Waals surface area contributed by atoms with Gasteiger partial charge in [-0.3, -0.25) is 0 Å². The molecule has 2 heteroatoms. The number of nitrogens with one attached hydrogen (secondary N) is 1. The van der Waals surface area contributed by atoms with Gasteiger partial charge in [0, 0.05) is 6.61 Å². The van der Waals surface area contributed by atoms with Crippen LogP contribution in [0.1, 0.15) is 59.8 Å². The Morgan fingerprint density at radius 3 is 2.44 bits per heavy atom. The zero-order valence-electron chi connectivity index (χ0n) is 11.7. The Morgan fingerprint density at radius 2 is 1.81 bits per heavy atom. The second-order valence-corrected chi connectivity index (χ2v) is 5.13. The van der Waals surface area contributed by atoms with E-state index >= 15 is 0 Å². The molecule has 0 aromatic carbocycles. The Balaban J connectivity index is 3.14. The number of unbranched alkanes of at least 4 members (excludes halogenated alkanes) is 2. The van der Waals surface area contributed by atoms with Crippen molar-refractivity contribution >= 4 is 0 Å². The van der Waals surface area contributed by atoms with Gasteiger partial charge in [-0.2, -0.15) is 0 Å². The first-order valence-corrected chi connectivity index (χ1v) is 6.99. The molecule has 0 aromatic heterocycles. The van der Waals surface area contributed by atoms with Crippen LogP contribution in [0, 0.1) is 5.92 Å². The lowest BCUT2D eigenvalue weighted by Gasteiger charge is -2.13. The van der Waals surface area contributed by atoms with Gasteiger partial charge in [0.2, 0.25) is 0 Å². The van der Waals surface area contributed by atoms with Crippen molar-refractivity contribution < 1.29 is 4.74 Å². The number of hydrogen-bond acceptors (Lipinski definition) is 2. The Kier molecular flexibility index (Phi) is 11.3. The maximum absolute atomic E-state index is 5.74. The predicted octanol–water partition coefficient (Wildman–Crippen LogP) is 3.61. The minimum absolute atomic E-state index is 0.428. The second-order valence-electron chi connectivity index (χ2n) is 5.13. The first-order chi connectivity index (χ1) is 7.66. The minimum Gasteiger partial charge on any atom is -0.379 e. The highest BCUT2D eigenvalue weighted by molar-refractivity contribution is 4.55. The molecule has 0 heterocycles. The molecule has 0 bridgehead atoms. The molecule has 0 amide bonds. The first-order valence-electron chi connectivity index (χ1n) is 6.99. The molecule has 0 saturated carbocycles. The summed E-state index contributed by atoms with van der Waals surface area (Å²) in [7, 11) is 0. The summed E-state index contributed by atoms with van der Waals surface area (Å²) in [5, 5.41) is 3.46. The maximum atomic E-state index is 5.74. The summed E-state index contributed by atoms with van der Waals surface area (Å²) in [5.74, 6) is 0.753. The number of hydrogen-bond donors (Lipinski definition) is 1. The van der Waals surface area contributed by atoms with Gasteiger partial charge in [0.15, 0.2) is 0 Å². The van der Waals surface area contributed by atoms with E-state index in [4.69, 9.17) is 4.74 Å². The highest BCUT2D eigenvalue weighted by Crippen LogP contribution is 2.03. The van der Waals surface area contributed by atoms with Crippen molar-refractivity contribution in [2.45, 2.75) is 65.9 Å². The molecular formula is C14H31NO. The van der Waals surface area contributed by atoms with Crippen LogP contribution in [0.3, 0.4) is 0 Å². The van der Waals surface area contributed by atoms with Crippen LogP contribution in [0.15, 0.2) is 0 Å². The first kappa shape index (κ1) is 15.9. The zero-order valence-corrected chi connectivity index (χ0v) is 11.7. The SMILES string of the molecule is CCCCCOC(C)CCCNCC(C)C. The fourth-order valence-electron chi connectivity index (χ4n) is 1.63. The number of rotatable bonds is 11. The summed E-state index contributed by atoms with van der Waals surface area (Å²) in [6.07, 6.45) is 6.61. The normalized spacial score (nSPS) is 13.3. The Hall–Kier alpha value is -0.0800. The lowest BCUT2D eigenvalue weighted by molar-refractivity contribution is 0.0564. The number of ether oxygens (including phenoxy) is 1. The molecule has 1 atom stereocenters. The Bertz CT molecular complexity index is 137. The minimum atomic E-state index is 0.428. The van der Waals surface area contributed by atoms with Gasteiger partial charge in [0.25, 0.3) is 0 Å². The Morgan fingerprint density at radius 1 is 1.06 bits per heavy atom. The van der Waals surface area contributed by atoms with Crippen molar-refractivity contribution in [1.29, 1.82) is 0 Å². The molecule has 98 valence electrons. The molecule has 0 aromatic rings. The summed E-state index contributed by atoms with van der Waals surface area (Å²) in [4.78, 5) is 0. The molecule has 2 nitrogen and oxygen atoms in total. The van der Waals surface area contributed by atoms with Crippen LogP contribution in [0.5, 0.6) is 0 Å².